The molecule has 1 aliphatic carbocycles. The molecule has 0 amide bonds. The maximum absolute atomic E-state index is 6.22. The largest absolute Gasteiger partial charge is 0.377 e. The first kappa shape index (κ1) is 18.9. The molecule has 0 atom stereocenters. The van der Waals surface area contributed by atoms with Gasteiger partial charge in [-0.05, 0) is 74.4 Å². The van der Waals surface area contributed by atoms with Crippen molar-refractivity contribution in [2.45, 2.75) is 71.3 Å². The third kappa shape index (κ3) is 5.56. The van der Waals surface area contributed by atoms with Crippen LogP contribution in [-0.2, 0) is 4.74 Å². The van der Waals surface area contributed by atoms with Crippen molar-refractivity contribution in [1.29, 1.82) is 0 Å². The summed E-state index contributed by atoms with van der Waals surface area (Å²) < 4.78 is 6.22. The SMILES string of the molecule is CC(C)(C)C1CCC(OCCN2CCC(c3ccccc3)CC2)CC1. The number of piperidine rings is 1. The Morgan fingerprint density at radius 1 is 0.920 bits per heavy atom. The highest BCUT2D eigenvalue weighted by atomic mass is 16.5. The summed E-state index contributed by atoms with van der Waals surface area (Å²) in [6.45, 7) is 11.6. The van der Waals surface area contributed by atoms with E-state index in [9.17, 15) is 0 Å². The fourth-order valence-corrected chi connectivity index (χ4v) is 4.66. The van der Waals surface area contributed by atoms with E-state index >= 15 is 0 Å². The average Bonchev–Trinajstić information content (AvgIpc) is 2.63. The van der Waals surface area contributed by atoms with Gasteiger partial charge in [0.15, 0.2) is 0 Å². The van der Waals surface area contributed by atoms with E-state index in [4.69, 9.17) is 4.74 Å². The second-order valence-corrected chi connectivity index (χ2v) is 9.24. The van der Waals surface area contributed by atoms with E-state index in [1.54, 1.807) is 0 Å². The van der Waals surface area contributed by atoms with Gasteiger partial charge in [-0.15, -0.1) is 0 Å². The number of nitrogens with zero attached hydrogens (tertiary/aromatic N) is 1. The lowest BCUT2D eigenvalue weighted by atomic mass is 9.72. The second-order valence-electron chi connectivity index (χ2n) is 9.24. The van der Waals surface area contributed by atoms with E-state index in [0.717, 1.165) is 25.0 Å². The van der Waals surface area contributed by atoms with Crippen molar-refractivity contribution in [2.75, 3.05) is 26.2 Å². The Labute approximate surface area is 154 Å². The van der Waals surface area contributed by atoms with E-state index in [1.165, 1.54) is 57.2 Å². The zero-order valence-corrected chi connectivity index (χ0v) is 16.5. The predicted octanol–water partition coefficient (Wildman–Crippen LogP) is 5.49. The molecule has 1 aliphatic heterocycles. The molecule has 1 aromatic carbocycles. The van der Waals surface area contributed by atoms with E-state index < -0.39 is 0 Å². The Morgan fingerprint density at radius 2 is 1.56 bits per heavy atom. The first-order chi connectivity index (χ1) is 12.0. The zero-order chi connectivity index (χ0) is 17.7. The van der Waals surface area contributed by atoms with Gasteiger partial charge in [0.1, 0.15) is 0 Å². The lowest BCUT2D eigenvalue weighted by molar-refractivity contribution is -0.00676. The summed E-state index contributed by atoms with van der Waals surface area (Å²) in [7, 11) is 0. The summed E-state index contributed by atoms with van der Waals surface area (Å²) in [6, 6.07) is 11.0. The Hall–Kier alpha value is -0.860. The van der Waals surface area contributed by atoms with Crippen LogP contribution in [0.5, 0.6) is 0 Å². The quantitative estimate of drug-likeness (QED) is 0.701. The van der Waals surface area contributed by atoms with E-state index in [2.05, 4.69) is 56.0 Å². The van der Waals surface area contributed by atoms with Crippen molar-refractivity contribution < 1.29 is 4.74 Å². The van der Waals surface area contributed by atoms with Gasteiger partial charge in [0.2, 0.25) is 0 Å². The number of ether oxygens (including phenoxy) is 1. The molecule has 0 aromatic heterocycles. The molecule has 0 spiro atoms. The van der Waals surface area contributed by atoms with Crippen LogP contribution < -0.4 is 0 Å². The molecule has 0 unspecified atom stereocenters. The van der Waals surface area contributed by atoms with E-state index in [0.29, 0.717) is 11.5 Å². The van der Waals surface area contributed by atoms with Crippen LogP contribution in [0.15, 0.2) is 30.3 Å². The monoisotopic (exact) mass is 343 g/mol. The highest BCUT2D eigenvalue weighted by Crippen LogP contribution is 2.38. The van der Waals surface area contributed by atoms with Crippen molar-refractivity contribution in [2.24, 2.45) is 11.3 Å². The number of likely N-dealkylation sites (tertiary alicyclic amines) is 1. The van der Waals surface area contributed by atoms with Crippen LogP contribution in [0.25, 0.3) is 0 Å². The molecule has 0 radical (unpaired) electrons. The molecule has 25 heavy (non-hydrogen) atoms. The van der Waals surface area contributed by atoms with Gasteiger partial charge in [-0.2, -0.15) is 0 Å². The van der Waals surface area contributed by atoms with Crippen LogP contribution in [0, 0.1) is 11.3 Å². The van der Waals surface area contributed by atoms with Crippen LogP contribution in [0.4, 0.5) is 0 Å². The lowest BCUT2D eigenvalue weighted by Crippen LogP contribution is -2.36. The smallest absolute Gasteiger partial charge is 0.0597 e. The molecule has 3 rings (SSSR count). The van der Waals surface area contributed by atoms with Gasteiger partial charge in [-0.3, -0.25) is 0 Å². The first-order valence-electron chi connectivity index (χ1n) is 10.4. The van der Waals surface area contributed by atoms with Crippen molar-refractivity contribution in [1.82, 2.24) is 4.90 Å². The fraction of sp³-hybridized carbons (Fsp3) is 0.739. The summed E-state index contributed by atoms with van der Waals surface area (Å²) >= 11 is 0. The third-order valence-corrected chi connectivity index (χ3v) is 6.52. The highest BCUT2D eigenvalue weighted by molar-refractivity contribution is 5.19. The molecular formula is C23H37NO. The zero-order valence-electron chi connectivity index (χ0n) is 16.5. The third-order valence-electron chi connectivity index (χ3n) is 6.52. The minimum atomic E-state index is 0.466. The van der Waals surface area contributed by atoms with Gasteiger partial charge >= 0.3 is 0 Å². The van der Waals surface area contributed by atoms with Gasteiger partial charge in [-0.25, -0.2) is 0 Å². The molecule has 1 aromatic rings. The minimum Gasteiger partial charge on any atom is -0.377 e. The lowest BCUT2D eigenvalue weighted by Gasteiger charge is -2.37. The van der Waals surface area contributed by atoms with Crippen molar-refractivity contribution >= 4 is 0 Å². The van der Waals surface area contributed by atoms with Crippen LogP contribution >= 0.6 is 0 Å². The molecule has 1 heterocycles. The van der Waals surface area contributed by atoms with Gasteiger partial charge < -0.3 is 9.64 Å². The average molecular weight is 344 g/mol. The first-order valence-corrected chi connectivity index (χ1v) is 10.4. The molecule has 0 N–H and O–H groups in total. The van der Waals surface area contributed by atoms with E-state index in [1.807, 2.05) is 0 Å². The van der Waals surface area contributed by atoms with Crippen LogP contribution in [0.3, 0.4) is 0 Å². The van der Waals surface area contributed by atoms with Crippen molar-refractivity contribution in [3.63, 3.8) is 0 Å². The Kier molecular flexibility index (Phi) is 6.57. The van der Waals surface area contributed by atoms with Crippen molar-refractivity contribution in [3.05, 3.63) is 35.9 Å². The van der Waals surface area contributed by atoms with Gasteiger partial charge in [0, 0.05) is 6.54 Å². The van der Waals surface area contributed by atoms with Crippen molar-refractivity contribution in [3.8, 4) is 0 Å². The Bertz CT molecular complexity index is 491. The summed E-state index contributed by atoms with van der Waals surface area (Å²) in [4.78, 5) is 2.60. The maximum atomic E-state index is 6.22. The summed E-state index contributed by atoms with van der Waals surface area (Å²) in [5.74, 6) is 1.63. The normalized spacial score (nSPS) is 26.7. The number of hydrogen-bond acceptors (Lipinski definition) is 2. The predicted molar refractivity (Wildman–Crippen MR) is 106 cm³/mol. The van der Waals surface area contributed by atoms with Gasteiger partial charge in [0.25, 0.3) is 0 Å². The molecule has 2 heteroatoms. The van der Waals surface area contributed by atoms with E-state index in [-0.39, 0.29) is 0 Å². The molecule has 2 fully saturated rings. The number of hydrogen-bond donors (Lipinski definition) is 0. The minimum absolute atomic E-state index is 0.466. The molecular weight excluding hydrogens is 306 g/mol. The number of rotatable bonds is 5. The Balaban J connectivity index is 1.31. The van der Waals surface area contributed by atoms with Gasteiger partial charge in [-0.1, -0.05) is 51.1 Å². The molecule has 2 nitrogen and oxygen atoms in total. The molecule has 0 bridgehead atoms. The summed E-state index contributed by atoms with van der Waals surface area (Å²) in [5, 5.41) is 0. The van der Waals surface area contributed by atoms with Crippen LogP contribution in [0.1, 0.15) is 70.8 Å². The summed E-state index contributed by atoms with van der Waals surface area (Å²) in [5.41, 5.74) is 1.99. The summed E-state index contributed by atoms with van der Waals surface area (Å²) in [6.07, 6.45) is 8.31. The Morgan fingerprint density at radius 3 is 2.16 bits per heavy atom. The van der Waals surface area contributed by atoms with Crippen LogP contribution in [-0.4, -0.2) is 37.2 Å². The molecule has 140 valence electrons. The molecule has 1 saturated heterocycles. The fourth-order valence-electron chi connectivity index (χ4n) is 4.66. The standard InChI is InChI=1S/C23H37NO/c1-23(2,3)21-9-11-22(12-10-21)25-18-17-24-15-13-20(14-16-24)19-7-5-4-6-8-19/h4-8,20-22H,9-18H2,1-3H3. The number of benzene rings is 1. The highest BCUT2D eigenvalue weighted by Gasteiger charge is 2.30. The topological polar surface area (TPSA) is 12.5 Å². The second kappa shape index (κ2) is 8.68. The maximum Gasteiger partial charge on any atom is 0.0597 e. The molecule has 2 aliphatic rings. The van der Waals surface area contributed by atoms with Gasteiger partial charge in [0.05, 0.1) is 12.7 Å². The molecule has 1 saturated carbocycles. The van der Waals surface area contributed by atoms with Crippen LogP contribution in [0.2, 0.25) is 0 Å².